The van der Waals surface area contributed by atoms with Gasteiger partial charge in [-0.2, -0.15) is 0 Å². The third-order valence-corrected chi connectivity index (χ3v) is 6.07. The van der Waals surface area contributed by atoms with Gasteiger partial charge in [0.2, 0.25) is 0 Å². The minimum atomic E-state index is -0.183. The Morgan fingerprint density at radius 2 is 1.94 bits per heavy atom. The highest BCUT2D eigenvalue weighted by molar-refractivity contribution is 5.95. The fourth-order valence-electron chi connectivity index (χ4n) is 4.38. The first-order valence-corrected chi connectivity index (χ1v) is 10.7. The van der Waals surface area contributed by atoms with Crippen LogP contribution in [-0.4, -0.2) is 25.2 Å². The van der Waals surface area contributed by atoms with E-state index in [1.165, 1.54) is 11.3 Å². The standard InChI is InChI=1S/C25H26N2O4/c1-16-13-19-5-3-4-6-21(19)27(16)15-24-20(9-10-29-24)25(28)26-17(2)18-7-8-22-23(14-18)31-12-11-30-22/h3-10,14,16-17H,11-13,15H2,1-2H3,(H,26,28). The van der Waals surface area contributed by atoms with Crippen molar-refractivity contribution >= 4 is 11.6 Å². The van der Waals surface area contributed by atoms with Crippen molar-refractivity contribution in [2.45, 2.75) is 38.9 Å². The van der Waals surface area contributed by atoms with E-state index in [4.69, 9.17) is 13.9 Å². The van der Waals surface area contributed by atoms with E-state index in [1.807, 2.05) is 25.1 Å². The maximum absolute atomic E-state index is 13.1. The highest BCUT2D eigenvalue weighted by atomic mass is 16.6. The Bertz CT molecular complexity index is 1110. The summed E-state index contributed by atoms with van der Waals surface area (Å²) in [6, 6.07) is 16.1. The average molecular weight is 418 g/mol. The maximum Gasteiger partial charge on any atom is 0.255 e. The molecule has 0 aliphatic carbocycles. The molecule has 3 heterocycles. The number of furan rings is 1. The number of carbonyl (C=O) groups excluding carboxylic acids is 1. The second kappa shape index (κ2) is 8.02. The number of nitrogens with one attached hydrogen (secondary N) is 1. The van der Waals surface area contributed by atoms with E-state index in [0.717, 1.165) is 23.5 Å². The van der Waals surface area contributed by atoms with Gasteiger partial charge in [-0.05, 0) is 55.7 Å². The van der Waals surface area contributed by atoms with E-state index in [2.05, 4.69) is 41.4 Å². The molecule has 0 spiro atoms. The maximum atomic E-state index is 13.1. The average Bonchev–Trinajstić information content (AvgIpc) is 3.38. The molecule has 0 radical (unpaired) electrons. The van der Waals surface area contributed by atoms with Gasteiger partial charge in [-0.15, -0.1) is 0 Å². The number of amides is 1. The highest BCUT2D eigenvalue weighted by Crippen LogP contribution is 2.34. The second-order valence-corrected chi connectivity index (χ2v) is 8.17. The molecule has 6 heteroatoms. The summed E-state index contributed by atoms with van der Waals surface area (Å²) in [4.78, 5) is 15.4. The molecule has 1 aromatic heterocycles. The zero-order valence-corrected chi connectivity index (χ0v) is 17.8. The number of fused-ring (bicyclic) bond motifs is 2. The Kier molecular flexibility index (Phi) is 5.06. The SMILES string of the molecule is CC(NC(=O)c1ccoc1CN1c2ccccc2CC1C)c1ccc2c(c1)OCCO2. The lowest BCUT2D eigenvalue weighted by molar-refractivity contribution is 0.0937. The number of benzene rings is 2. The first kappa shape index (κ1) is 19.5. The van der Waals surface area contributed by atoms with E-state index < -0.39 is 0 Å². The third kappa shape index (κ3) is 3.74. The molecule has 3 aromatic rings. The number of rotatable bonds is 5. The van der Waals surface area contributed by atoms with Crippen LogP contribution in [0.25, 0.3) is 0 Å². The lowest BCUT2D eigenvalue weighted by atomic mass is 10.1. The number of anilines is 1. The van der Waals surface area contributed by atoms with Crippen LogP contribution in [-0.2, 0) is 13.0 Å². The largest absolute Gasteiger partial charge is 0.486 e. The zero-order valence-electron chi connectivity index (χ0n) is 17.8. The molecule has 0 saturated carbocycles. The predicted octanol–water partition coefficient (Wildman–Crippen LogP) is 4.49. The van der Waals surface area contributed by atoms with Gasteiger partial charge >= 0.3 is 0 Å². The van der Waals surface area contributed by atoms with Crippen LogP contribution in [0.1, 0.15) is 47.1 Å². The summed E-state index contributed by atoms with van der Waals surface area (Å²) < 4.78 is 17.0. The number of hydrogen-bond acceptors (Lipinski definition) is 5. The lowest BCUT2D eigenvalue weighted by Gasteiger charge is -2.24. The molecule has 160 valence electrons. The summed E-state index contributed by atoms with van der Waals surface area (Å²) >= 11 is 0. The van der Waals surface area contributed by atoms with E-state index in [9.17, 15) is 4.79 Å². The molecule has 0 fully saturated rings. The predicted molar refractivity (Wildman–Crippen MR) is 118 cm³/mol. The zero-order chi connectivity index (χ0) is 21.4. The van der Waals surface area contributed by atoms with Gasteiger partial charge < -0.3 is 24.1 Å². The quantitative estimate of drug-likeness (QED) is 0.661. The second-order valence-electron chi connectivity index (χ2n) is 8.17. The van der Waals surface area contributed by atoms with E-state index in [0.29, 0.717) is 37.1 Å². The van der Waals surface area contributed by atoms with Gasteiger partial charge in [0.15, 0.2) is 11.5 Å². The van der Waals surface area contributed by atoms with Crippen LogP contribution < -0.4 is 19.7 Å². The van der Waals surface area contributed by atoms with Gasteiger partial charge in [-0.3, -0.25) is 4.79 Å². The van der Waals surface area contributed by atoms with Crippen molar-refractivity contribution in [1.29, 1.82) is 0 Å². The van der Waals surface area contributed by atoms with Crippen LogP contribution in [0.15, 0.2) is 59.2 Å². The number of hydrogen-bond donors (Lipinski definition) is 1. The Morgan fingerprint density at radius 1 is 1.13 bits per heavy atom. The first-order valence-electron chi connectivity index (χ1n) is 10.7. The highest BCUT2D eigenvalue weighted by Gasteiger charge is 2.28. The van der Waals surface area contributed by atoms with Crippen molar-refractivity contribution in [3.8, 4) is 11.5 Å². The number of para-hydroxylation sites is 1. The van der Waals surface area contributed by atoms with Crippen molar-refractivity contribution < 1.29 is 18.7 Å². The van der Waals surface area contributed by atoms with Crippen molar-refractivity contribution in [2.75, 3.05) is 18.1 Å². The summed E-state index contributed by atoms with van der Waals surface area (Å²) in [5, 5.41) is 3.09. The van der Waals surface area contributed by atoms with Crippen LogP contribution in [0.5, 0.6) is 11.5 Å². The molecule has 0 bridgehead atoms. The van der Waals surface area contributed by atoms with Crippen molar-refractivity contribution in [3.05, 3.63) is 77.2 Å². The van der Waals surface area contributed by atoms with Crippen LogP contribution in [0, 0.1) is 0 Å². The minimum Gasteiger partial charge on any atom is -0.486 e. The number of nitrogens with zero attached hydrogens (tertiary/aromatic N) is 1. The number of carbonyl (C=O) groups is 1. The summed E-state index contributed by atoms with van der Waals surface area (Å²) in [6.07, 6.45) is 2.59. The lowest BCUT2D eigenvalue weighted by Crippen LogP contribution is -2.31. The first-order chi connectivity index (χ1) is 15.1. The molecule has 1 N–H and O–H groups in total. The van der Waals surface area contributed by atoms with E-state index in [1.54, 1.807) is 12.3 Å². The fourth-order valence-corrected chi connectivity index (χ4v) is 4.38. The van der Waals surface area contributed by atoms with E-state index in [-0.39, 0.29) is 11.9 Å². The molecule has 5 rings (SSSR count). The normalized spacial score (nSPS) is 17.9. The molecule has 6 nitrogen and oxygen atoms in total. The Morgan fingerprint density at radius 3 is 2.81 bits per heavy atom. The summed E-state index contributed by atoms with van der Waals surface area (Å²) in [6.45, 7) is 5.82. The molecule has 31 heavy (non-hydrogen) atoms. The van der Waals surface area contributed by atoms with Crippen LogP contribution >= 0.6 is 0 Å². The minimum absolute atomic E-state index is 0.147. The van der Waals surface area contributed by atoms with Crippen molar-refractivity contribution in [3.63, 3.8) is 0 Å². The number of ether oxygens (including phenoxy) is 2. The van der Waals surface area contributed by atoms with Gasteiger partial charge in [0, 0.05) is 11.7 Å². The molecular weight excluding hydrogens is 392 g/mol. The Balaban J connectivity index is 1.31. The van der Waals surface area contributed by atoms with E-state index >= 15 is 0 Å². The van der Waals surface area contributed by atoms with Gasteiger partial charge in [0.1, 0.15) is 19.0 Å². The monoisotopic (exact) mass is 418 g/mol. The van der Waals surface area contributed by atoms with Gasteiger partial charge in [0.05, 0.1) is 24.4 Å². The molecular formula is C25H26N2O4. The van der Waals surface area contributed by atoms with Gasteiger partial charge in [-0.25, -0.2) is 0 Å². The topological polar surface area (TPSA) is 63.9 Å². The summed E-state index contributed by atoms with van der Waals surface area (Å²) in [7, 11) is 0. The van der Waals surface area contributed by atoms with Crippen LogP contribution in [0.4, 0.5) is 5.69 Å². The van der Waals surface area contributed by atoms with Crippen molar-refractivity contribution in [2.24, 2.45) is 0 Å². The summed E-state index contributed by atoms with van der Waals surface area (Å²) in [5.41, 5.74) is 4.08. The summed E-state index contributed by atoms with van der Waals surface area (Å²) in [5.74, 6) is 1.99. The van der Waals surface area contributed by atoms with Crippen molar-refractivity contribution in [1.82, 2.24) is 5.32 Å². The van der Waals surface area contributed by atoms with Gasteiger partial charge in [-0.1, -0.05) is 24.3 Å². The molecule has 1 amide bonds. The van der Waals surface area contributed by atoms with Crippen LogP contribution in [0.3, 0.4) is 0 Å². The molecule has 0 saturated heterocycles. The Hall–Kier alpha value is -3.41. The van der Waals surface area contributed by atoms with Crippen LogP contribution in [0.2, 0.25) is 0 Å². The molecule has 2 aliphatic heterocycles. The molecule has 2 aromatic carbocycles. The third-order valence-electron chi connectivity index (χ3n) is 6.07. The Labute approximate surface area is 181 Å². The molecule has 2 atom stereocenters. The fraction of sp³-hybridized carbons (Fsp3) is 0.320. The molecule has 2 unspecified atom stereocenters. The van der Waals surface area contributed by atoms with Gasteiger partial charge in [0.25, 0.3) is 5.91 Å². The molecule has 2 aliphatic rings. The smallest absolute Gasteiger partial charge is 0.255 e.